The largest absolute Gasteiger partial charge is 0.511 e. The molecule has 0 bridgehead atoms. The number of hydrogen-bond acceptors (Lipinski definition) is 3. The Hall–Kier alpha value is -1.03. The van der Waals surface area contributed by atoms with Gasteiger partial charge in [-0.1, -0.05) is 26.2 Å². The molecule has 0 atom stereocenters. The summed E-state index contributed by atoms with van der Waals surface area (Å²) >= 11 is 0. The van der Waals surface area contributed by atoms with Crippen LogP contribution in [0.1, 0.15) is 45.4 Å². The standard InChI is InChI=1S/C14H27F3N4O2S/c1-2-3-4-5-8-19-13(18)20-11-12-6-9-21(10-7-12)24(22,23)14(15,16)17/h12H,2-11H2,1H3,(H3,18,19,20). The number of halogens is 3. The molecule has 10 heteroatoms. The predicted octanol–water partition coefficient (Wildman–Crippen LogP) is 2.03. The van der Waals surface area contributed by atoms with E-state index in [1.165, 1.54) is 6.42 Å². The molecule has 0 spiro atoms. The molecule has 0 aromatic rings. The molecule has 1 rings (SSSR count). The monoisotopic (exact) mass is 372 g/mol. The van der Waals surface area contributed by atoms with Gasteiger partial charge in [0.25, 0.3) is 0 Å². The molecule has 0 unspecified atom stereocenters. The van der Waals surface area contributed by atoms with E-state index in [9.17, 15) is 21.6 Å². The number of piperidine rings is 1. The fourth-order valence-corrected chi connectivity index (χ4v) is 3.51. The van der Waals surface area contributed by atoms with Gasteiger partial charge in [-0.2, -0.15) is 17.5 Å². The Morgan fingerprint density at radius 1 is 1.25 bits per heavy atom. The molecule has 1 saturated heterocycles. The molecule has 6 nitrogen and oxygen atoms in total. The maximum absolute atomic E-state index is 12.5. The van der Waals surface area contributed by atoms with Gasteiger partial charge in [0.05, 0.1) is 0 Å². The third-order valence-electron chi connectivity index (χ3n) is 4.06. The number of sulfonamides is 1. The highest BCUT2D eigenvalue weighted by Crippen LogP contribution is 2.30. The van der Waals surface area contributed by atoms with Crippen molar-refractivity contribution < 1.29 is 21.6 Å². The van der Waals surface area contributed by atoms with E-state index in [0.717, 1.165) is 25.8 Å². The first-order valence-electron chi connectivity index (χ1n) is 8.28. The van der Waals surface area contributed by atoms with Crippen LogP contribution in [-0.4, -0.2) is 50.4 Å². The molecule has 0 radical (unpaired) electrons. The van der Waals surface area contributed by atoms with E-state index < -0.39 is 15.5 Å². The van der Waals surface area contributed by atoms with Gasteiger partial charge in [-0.05, 0) is 25.2 Å². The Balaban J connectivity index is 2.32. The normalized spacial score (nSPS) is 18.8. The second kappa shape index (κ2) is 9.45. The van der Waals surface area contributed by atoms with Gasteiger partial charge in [-0.25, -0.2) is 8.42 Å². The van der Waals surface area contributed by atoms with E-state index in [2.05, 4.69) is 17.2 Å². The maximum Gasteiger partial charge on any atom is 0.511 e. The van der Waals surface area contributed by atoms with Gasteiger partial charge in [-0.3, -0.25) is 4.99 Å². The number of aliphatic imine (C=N–C) groups is 1. The molecule has 1 aliphatic heterocycles. The van der Waals surface area contributed by atoms with Crippen LogP contribution >= 0.6 is 0 Å². The van der Waals surface area contributed by atoms with Gasteiger partial charge < -0.3 is 11.1 Å². The average Bonchev–Trinajstić information content (AvgIpc) is 2.52. The molecule has 24 heavy (non-hydrogen) atoms. The van der Waals surface area contributed by atoms with Crippen LogP contribution in [0.2, 0.25) is 0 Å². The van der Waals surface area contributed by atoms with Crippen molar-refractivity contribution in [2.75, 3.05) is 26.2 Å². The van der Waals surface area contributed by atoms with Crippen molar-refractivity contribution in [1.82, 2.24) is 9.62 Å². The average molecular weight is 372 g/mol. The molecular formula is C14H27F3N4O2S. The quantitative estimate of drug-likeness (QED) is 0.388. The van der Waals surface area contributed by atoms with Crippen molar-refractivity contribution in [3.63, 3.8) is 0 Å². The molecule has 1 heterocycles. The highest BCUT2D eigenvalue weighted by Gasteiger charge is 2.50. The van der Waals surface area contributed by atoms with E-state index in [-0.39, 0.29) is 19.0 Å². The summed E-state index contributed by atoms with van der Waals surface area (Å²) in [4.78, 5) is 4.19. The number of hydrogen-bond donors (Lipinski definition) is 2. The van der Waals surface area contributed by atoms with Gasteiger partial charge >= 0.3 is 15.5 Å². The summed E-state index contributed by atoms with van der Waals surface area (Å²) in [6.07, 6.45) is 5.18. The maximum atomic E-state index is 12.5. The number of unbranched alkanes of at least 4 members (excludes halogenated alkanes) is 3. The van der Waals surface area contributed by atoms with Crippen LogP contribution in [0.5, 0.6) is 0 Å². The van der Waals surface area contributed by atoms with Gasteiger partial charge in [0, 0.05) is 26.2 Å². The minimum absolute atomic E-state index is 0.0464. The highest BCUT2D eigenvalue weighted by molar-refractivity contribution is 7.90. The van der Waals surface area contributed by atoms with E-state index in [0.29, 0.717) is 29.7 Å². The van der Waals surface area contributed by atoms with Crippen LogP contribution in [-0.2, 0) is 10.0 Å². The Kier molecular flexibility index (Phi) is 8.28. The number of rotatable bonds is 8. The second-order valence-corrected chi connectivity index (χ2v) is 7.94. The number of alkyl halides is 3. The molecule has 0 aliphatic carbocycles. The van der Waals surface area contributed by atoms with E-state index in [4.69, 9.17) is 5.73 Å². The van der Waals surface area contributed by atoms with E-state index in [1.54, 1.807) is 0 Å². The molecular weight excluding hydrogens is 345 g/mol. The minimum atomic E-state index is -5.23. The number of nitrogens with zero attached hydrogens (tertiary/aromatic N) is 2. The first-order valence-corrected chi connectivity index (χ1v) is 9.72. The number of guanidine groups is 1. The summed E-state index contributed by atoms with van der Waals surface area (Å²) in [6, 6.07) is 0. The Morgan fingerprint density at radius 2 is 1.88 bits per heavy atom. The molecule has 3 N–H and O–H groups in total. The Bertz CT molecular complexity index is 501. The van der Waals surface area contributed by atoms with Crippen LogP contribution < -0.4 is 11.1 Å². The summed E-state index contributed by atoms with van der Waals surface area (Å²) in [5.74, 6) is 0.377. The summed E-state index contributed by atoms with van der Waals surface area (Å²) in [5, 5.41) is 3.01. The zero-order chi connectivity index (χ0) is 18.2. The minimum Gasteiger partial charge on any atom is -0.370 e. The van der Waals surface area contributed by atoms with E-state index in [1.807, 2.05) is 0 Å². The summed E-state index contributed by atoms with van der Waals surface area (Å²) in [6.45, 7) is 3.01. The van der Waals surface area contributed by atoms with Crippen LogP contribution in [0.3, 0.4) is 0 Å². The zero-order valence-corrected chi connectivity index (χ0v) is 14.8. The summed E-state index contributed by atoms with van der Waals surface area (Å²) < 4.78 is 60.6. The van der Waals surface area contributed by atoms with Crippen molar-refractivity contribution in [2.45, 2.75) is 51.0 Å². The SMILES string of the molecule is CCCCCCNC(N)=NCC1CCN(S(=O)(=O)C(F)(F)F)CC1. The topological polar surface area (TPSA) is 87.8 Å². The zero-order valence-electron chi connectivity index (χ0n) is 14.0. The molecule has 0 amide bonds. The van der Waals surface area contributed by atoms with Gasteiger partial charge in [0.1, 0.15) is 0 Å². The molecule has 0 aromatic carbocycles. The van der Waals surface area contributed by atoms with Gasteiger partial charge in [-0.15, -0.1) is 0 Å². The van der Waals surface area contributed by atoms with Crippen molar-refractivity contribution in [3.05, 3.63) is 0 Å². The summed E-state index contributed by atoms with van der Waals surface area (Å²) in [5.41, 5.74) is 0.511. The molecule has 0 saturated carbocycles. The third-order valence-corrected chi connectivity index (χ3v) is 5.69. The van der Waals surface area contributed by atoms with Crippen molar-refractivity contribution >= 4 is 16.0 Å². The fraction of sp³-hybridized carbons (Fsp3) is 0.929. The van der Waals surface area contributed by atoms with Crippen molar-refractivity contribution in [1.29, 1.82) is 0 Å². The van der Waals surface area contributed by atoms with Gasteiger partial charge in [0.15, 0.2) is 5.96 Å². The lowest BCUT2D eigenvalue weighted by molar-refractivity contribution is -0.0496. The fourth-order valence-electron chi connectivity index (χ4n) is 2.53. The van der Waals surface area contributed by atoms with Crippen molar-refractivity contribution in [3.8, 4) is 0 Å². The third kappa shape index (κ3) is 6.46. The van der Waals surface area contributed by atoms with Crippen LogP contribution in [0.15, 0.2) is 4.99 Å². The van der Waals surface area contributed by atoms with Crippen molar-refractivity contribution in [2.24, 2.45) is 16.6 Å². The van der Waals surface area contributed by atoms with Gasteiger partial charge in [0.2, 0.25) is 0 Å². The van der Waals surface area contributed by atoms with E-state index >= 15 is 0 Å². The lowest BCUT2D eigenvalue weighted by atomic mass is 9.98. The summed E-state index contributed by atoms with van der Waals surface area (Å²) in [7, 11) is -5.21. The van der Waals surface area contributed by atoms with Crippen LogP contribution in [0.25, 0.3) is 0 Å². The molecule has 1 fully saturated rings. The van der Waals surface area contributed by atoms with Crippen LogP contribution in [0.4, 0.5) is 13.2 Å². The first kappa shape index (κ1) is 21.0. The molecule has 142 valence electrons. The Labute approximate surface area is 141 Å². The highest BCUT2D eigenvalue weighted by atomic mass is 32.2. The first-order chi connectivity index (χ1) is 11.2. The lowest BCUT2D eigenvalue weighted by Gasteiger charge is -2.30. The molecule has 0 aromatic heterocycles. The predicted molar refractivity (Wildman–Crippen MR) is 87.9 cm³/mol. The number of nitrogens with one attached hydrogen (secondary N) is 1. The molecule has 1 aliphatic rings. The van der Waals surface area contributed by atoms with Crippen LogP contribution in [0, 0.1) is 5.92 Å². The second-order valence-electron chi connectivity index (χ2n) is 6.01. The number of nitrogens with two attached hydrogens (primary N) is 1. The smallest absolute Gasteiger partial charge is 0.370 e. The lowest BCUT2D eigenvalue weighted by Crippen LogP contribution is -2.45. The Morgan fingerprint density at radius 3 is 2.42 bits per heavy atom.